The van der Waals surface area contributed by atoms with Gasteiger partial charge < -0.3 is 23.7 Å². The zero-order valence-electron chi connectivity index (χ0n) is 32.7. The molecular formula is C45H72O5. The number of ether oxygens (including phenoxy) is 5. The van der Waals surface area contributed by atoms with Gasteiger partial charge in [0.1, 0.15) is 5.75 Å². The molecule has 1 saturated heterocycles. The SMILES string of the molecule is C=C/C=C/CCC.C=COCCC.C=COCCCCOCCC.C=COc1ccc(C)cc1.C=Cc1ccc(C)cc1.CCCC1CCO1. The van der Waals surface area contributed by atoms with E-state index in [1.165, 1.54) is 67.6 Å². The highest BCUT2D eigenvalue weighted by atomic mass is 16.5. The molecule has 5 heteroatoms. The van der Waals surface area contributed by atoms with Crippen molar-refractivity contribution in [2.75, 3.05) is 33.0 Å². The van der Waals surface area contributed by atoms with Gasteiger partial charge in [0, 0.05) is 19.8 Å². The normalized spacial score (nSPS) is 11.9. The highest BCUT2D eigenvalue weighted by Crippen LogP contribution is 2.15. The van der Waals surface area contributed by atoms with Crippen LogP contribution in [0.5, 0.6) is 5.75 Å². The van der Waals surface area contributed by atoms with E-state index in [1.807, 2.05) is 43.3 Å². The van der Waals surface area contributed by atoms with Crippen LogP contribution in [0.3, 0.4) is 0 Å². The van der Waals surface area contributed by atoms with Gasteiger partial charge in [0.2, 0.25) is 0 Å². The summed E-state index contributed by atoms with van der Waals surface area (Å²) in [5, 5.41) is 0. The maximum Gasteiger partial charge on any atom is 0.126 e. The van der Waals surface area contributed by atoms with Gasteiger partial charge in [0.05, 0.1) is 38.1 Å². The monoisotopic (exact) mass is 693 g/mol. The van der Waals surface area contributed by atoms with E-state index in [0.717, 1.165) is 64.5 Å². The van der Waals surface area contributed by atoms with Gasteiger partial charge in [-0.15, -0.1) is 0 Å². The number of unbranched alkanes of at least 4 members (excludes halogenated alkanes) is 2. The molecule has 0 spiro atoms. The van der Waals surface area contributed by atoms with E-state index in [9.17, 15) is 0 Å². The molecule has 1 unspecified atom stereocenters. The van der Waals surface area contributed by atoms with E-state index in [0.29, 0.717) is 6.10 Å². The molecule has 1 atom stereocenters. The molecule has 1 fully saturated rings. The number of hydrogen-bond acceptors (Lipinski definition) is 5. The summed E-state index contributed by atoms with van der Waals surface area (Å²) in [6, 6.07) is 16.1. The third kappa shape index (κ3) is 40.4. The van der Waals surface area contributed by atoms with Crippen LogP contribution in [0.2, 0.25) is 0 Å². The van der Waals surface area contributed by atoms with Crippen LogP contribution in [0.4, 0.5) is 0 Å². The molecule has 0 bridgehead atoms. The van der Waals surface area contributed by atoms with Crippen molar-refractivity contribution in [3.8, 4) is 5.75 Å². The fourth-order valence-electron chi connectivity index (χ4n) is 3.53. The predicted octanol–water partition coefficient (Wildman–Crippen LogP) is 13.2. The summed E-state index contributed by atoms with van der Waals surface area (Å²) in [6.07, 6.45) is 23.3. The van der Waals surface area contributed by atoms with Crippen molar-refractivity contribution in [1.29, 1.82) is 0 Å². The molecular weight excluding hydrogens is 620 g/mol. The van der Waals surface area contributed by atoms with Gasteiger partial charge in [-0.05, 0) is 76.5 Å². The van der Waals surface area contributed by atoms with E-state index < -0.39 is 0 Å². The molecule has 1 heterocycles. The molecule has 2 aromatic rings. The van der Waals surface area contributed by atoms with E-state index in [4.69, 9.17) is 23.7 Å². The van der Waals surface area contributed by atoms with Crippen molar-refractivity contribution >= 4 is 6.08 Å². The Balaban J connectivity index is -0.000000537. The summed E-state index contributed by atoms with van der Waals surface area (Å²) in [7, 11) is 0. The molecule has 0 amide bonds. The van der Waals surface area contributed by atoms with Crippen LogP contribution < -0.4 is 4.74 Å². The number of allylic oxidation sites excluding steroid dienone is 3. The Morgan fingerprint density at radius 1 is 0.680 bits per heavy atom. The molecule has 0 aliphatic carbocycles. The second-order valence-corrected chi connectivity index (χ2v) is 11.1. The first kappa shape index (κ1) is 50.6. The highest BCUT2D eigenvalue weighted by molar-refractivity contribution is 5.46. The lowest BCUT2D eigenvalue weighted by atomic mass is 10.1. The number of benzene rings is 2. The molecule has 50 heavy (non-hydrogen) atoms. The fraction of sp³-hybridized carbons (Fsp3) is 0.467. The summed E-state index contributed by atoms with van der Waals surface area (Å²) in [5.41, 5.74) is 3.71. The van der Waals surface area contributed by atoms with Gasteiger partial charge in [-0.25, -0.2) is 0 Å². The van der Waals surface area contributed by atoms with Crippen LogP contribution in [0.25, 0.3) is 6.08 Å². The van der Waals surface area contributed by atoms with E-state index in [1.54, 1.807) is 6.08 Å². The van der Waals surface area contributed by atoms with Gasteiger partial charge in [-0.1, -0.05) is 145 Å². The van der Waals surface area contributed by atoms with Crippen LogP contribution >= 0.6 is 0 Å². The van der Waals surface area contributed by atoms with Crippen LogP contribution in [0.1, 0.15) is 102 Å². The van der Waals surface area contributed by atoms with Crippen molar-refractivity contribution in [2.24, 2.45) is 0 Å². The maximum atomic E-state index is 5.28. The Hall–Kier alpha value is -3.80. The topological polar surface area (TPSA) is 46.2 Å². The van der Waals surface area contributed by atoms with E-state index in [2.05, 4.69) is 97.9 Å². The minimum atomic E-state index is 0.630. The Labute approximate surface area is 308 Å². The Morgan fingerprint density at radius 2 is 1.24 bits per heavy atom. The maximum absolute atomic E-state index is 5.28. The van der Waals surface area contributed by atoms with Crippen molar-refractivity contribution in [3.05, 3.63) is 135 Å². The minimum Gasteiger partial charge on any atom is -0.502 e. The van der Waals surface area contributed by atoms with Crippen LogP contribution in [0.15, 0.2) is 118 Å². The van der Waals surface area contributed by atoms with Crippen molar-refractivity contribution in [3.63, 3.8) is 0 Å². The third-order valence-corrected chi connectivity index (χ3v) is 6.39. The smallest absolute Gasteiger partial charge is 0.126 e. The first-order valence-corrected chi connectivity index (χ1v) is 18.3. The molecule has 0 radical (unpaired) electrons. The molecule has 2 aromatic carbocycles. The molecule has 3 rings (SSSR count). The molecule has 1 aliphatic heterocycles. The average molecular weight is 693 g/mol. The molecule has 5 nitrogen and oxygen atoms in total. The summed E-state index contributed by atoms with van der Waals surface area (Å²) in [4.78, 5) is 0. The number of rotatable bonds is 19. The van der Waals surface area contributed by atoms with Crippen LogP contribution in [-0.2, 0) is 18.9 Å². The second-order valence-electron chi connectivity index (χ2n) is 11.1. The zero-order chi connectivity index (χ0) is 37.9. The standard InChI is InChI=1S/C9H18O2.C9H10O.C9H10.C7H12.C6H12O.C5H10O/c1-3-7-11-9-6-5-8-10-4-2;1-3-10-9-6-4-8(2)5-7-9;1-3-9-6-4-8(2)5-7-9;1-3-5-7-6-4-2;1-2-3-6-4-5-7-6;1-3-5-6-4-2/h4H,2-3,5-9H2,1H3;3-7H,1H2,2H3;3-7H,1H2,2H3;3,5,7H,1,4,6H2,2H3;6H,2-5H2,1H3;4H,2-3,5H2,1H3/b;;;7-5+;;. The second kappa shape index (κ2) is 43.2. The van der Waals surface area contributed by atoms with Crippen molar-refractivity contribution in [2.45, 2.75) is 105 Å². The Bertz CT molecular complexity index is 1040. The summed E-state index contributed by atoms with van der Waals surface area (Å²) in [5.74, 6) is 0.834. The molecule has 1 aliphatic rings. The minimum absolute atomic E-state index is 0.630. The van der Waals surface area contributed by atoms with Gasteiger partial charge in [-0.3, -0.25) is 0 Å². The van der Waals surface area contributed by atoms with Crippen molar-refractivity contribution < 1.29 is 23.7 Å². The number of aryl methyl sites for hydroxylation is 2. The highest BCUT2D eigenvalue weighted by Gasteiger charge is 2.15. The molecule has 0 aromatic heterocycles. The first-order valence-electron chi connectivity index (χ1n) is 18.3. The van der Waals surface area contributed by atoms with Crippen LogP contribution in [-0.4, -0.2) is 39.1 Å². The lowest BCUT2D eigenvalue weighted by Gasteiger charge is -2.25. The van der Waals surface area contributed by atoms with Gasteiger partial charge >= 0.3 is 0 Å². The molecule has 0 N–H and O–H groups in total. The molecule has 0 saturated carbocycles. The Kier molecular flexibility index (Phi) is 43.7. The van der Waals surface area contributed by atoms with Gasteiger partial charge in [0.25, 0.3) is 0 Å². The molecule has 282 valence electrons. The van der Waals surface area contributed by atoms with E-state index in [-0.39, 0.29) is 0 Å². The first-order chi connectivity index (χ1) is 24.3. The average Bonchev–Trinajstić information content (AvgIpc) is 3.12. The Morgan fingerprint density at radius 3 is 1.64 bits per heavy atom. The summed E-state index contributed by atoms with van der Waals surface area (Å²) >= 11 is 0. The lowest BCUT2D eigenvalue weighted by Crippen LogP contribution is -2.25. The van der Waals surface area contributed by atoms with Gasteiger partial charge in [0.15, 0.2) is 0 Å². The van der Waals surface area contributed by atoms with Crippen LogP contribution in [0, 0.1) is 13.8 Å². The van der Waals surface area contributed by atoms with Crippen molar-refractivity contribution in [1.82, 2.24) is 0 Å². The van der Waals surface area contributed by atoms with Gasteiger partial charge in [-0.2, -0.15) is 0 Å². The quantitative estimate of drug-likeness (QED) is 0.0833. The third-order valence-electron chi connectivity index (χ3n) is 6.39. The largest absolute Gasteiger partial charge is 0.502 e. The summed E-state index contributed by atoms with van der Waals surface area (Å²) in [6.45, 7) is 34.4. The van der Waals surface area contributed by atoms with E-state index >= 15 is 0 Å². The fourth-order valence-corrected chi connectivity index (χ4v) is 3.53. The number of hydrogen-bond donors (Lipinski definition) is 0. The predicted molar refractivity (Wildman–Crippen MR) is 220 cm³/mol. The summed E-state index contributed by atoms with van der Waals surface area (Å²) < 4.78 is 25.2. The zero-order valence-corrected chi connectivity index (χ0v) is 32.7. The lowest BCUT2D eigenvalue weighted by molar-refractivity contribution is -0.0546.